The molecular weight excluding hydrogens is 338 g/mol. The van der Waals surface area contributed by atoms with Crippen LogP contribution in [0.5, 0.6) is 5.75 Å². The van der Waals surface area contributed by atoms with E-state index in [4.69, 9.17) is 4.74 Å². The van der Waals surface area contributed by atoms with Gasteiger partial charge in [0.05, 0.1) is 12.5 Å². The smallest absolute Gasteiger partial charge is 0.311 e. The molecule has 0 radical (unpaired) electrons. The number of amides is 1. The molecule has 1 aromatic heterocycles. The monoisotopic (exact) mass is 359 g/mol. The molecule has 0 saturated heterocycles. The number of carboxylic acids is 1. The van der Waals surface area contributed by atoms with Crippen molar-refractivity contribution in [3.05, 3.63) is 30.1 Å². The summed E-state index contributed by atoms with van der Waals surface area (Å²) < 4.78 is 6.68. The lowest BCUT2D eigenvalue weighted by Gasteiger charge is -2.33. The first-order valence-electron chi connectivity index (χ1n) is 8.49. The number of aromatic nitrogens is 4. The number of hydrogen-bond acceptors (Lipinski definition) is 6. The van der Waals surface area contributed by atoms with Crippen LogP contribution in [-0.4, -0.2) is 50.8 Å². The number of rotatable bonds is 6. The lowest BCUT2D eigenvalue weighted by Crippen LogP contribution is -2.44. The van der Waals surface area contributed by atoms with Crippen LogP contribution in [0, 0.1) is 5.41 Å². The highest BCUT2D eigenvalue weighted by atomic mass is 16.5. The zero-order valence-electron chi connectivity index (χ0n) is 14.5. The molecule has 138 valence electrons. The van der Waals surface area contributed by atoms with Crippen LogP contribution in [-0.2, 0) is 4.79 Å². The molecule has 0 spiro atoms. The van der Waals surface area contributed by atoms with Crippen molar-refractivity contribution in [3.63, 3.8) is 0 Å². The van der Waals surface area contributed by atoms with E-state index in [1.165, 1.54) is 18.1 Å². The summed E-state index contributed by atoms with van der Waals surface area (Å²) in [6, 6.07) is 4.88. The Hall–Kier alpha value is -2.97. The van der Waals surface area contributed by atoms with Crippen LogP contribution >= 0.6 is 0 Å². The number of carbonyl (C=O) groups is 2. The van der Waals surface area contributed by atoms with Crippen molar-refractivity contribution in [2.45, 2.75) is 32.1 Å². The Labute approximate surface area is 150 Å². The molecule has 1 amide bonds. The maximum absolute atomic E-state index is 12.6. The van der Waals surface area contributed by atoms with Gasteiger partial charge in [0.2, 0.25) is 0 Å². The molecule has 1 saturated carbocycles. The fourth-order valence-corrected chi connectivity index (χ4v) is 3.33. The van der Waals surface area contributed by atoms with Gasteiger partial charge in [-0.15, -0.1) is 5.10 Å². The van der Waals surface area contributed by atoms with Crippen LogP contribution in [0.3, 0.4) is 0 Å². The highest BCUT2D eigenvalue weighted by Crippen LogP contribution is 2.36. The second kappa shape index (κ2) is 7.51. The maximum atomic E-state index is 12.6. The Morgan fingerprint density at radius 1 is 1.31 bits per heavy atom. The third kappa shape index (κ3) is 3.51. The van der Waals surface area contributed by atoms with Gasteiger partial charge < -0.3 is 15.2 Å². The number of nitrogens with one attached hydrogen (secondary N) is 1. The average molecular weight is 359 g/mol. The van der Waals surface area contributed by atoms with E-state index < -0.39 is 11.4 Å². The minimum Gasteiger partial charge on any atom is -0.494 e. The van der Waals surface area contributed by atoms with Crippen molar-refractivity contribution in [2.24, 2.45) is 5.41 Å². The Kier molecular flexibility index (Phi) is 5.15. The van der Waals surface area contributed by atoms with E-state index in [1.807, 2.05) is 0 Å². The third-order valence-corrected chi connectivity index (χ3v) is 4.89. The molecule has 1 aliphatic rings. The van der Waals surface area contributed by atoms with E-state index in [1.54, 1.807) is 18.2 Å². The highest BCUT2D eigenvalue weighted by molar-refractivity contribution is 5.95. The van der Waals surface area contributed by atoms with Gasteiger partial charge in [-0.2, -0.15) is 4.68 Å². The summed E-state index contributed by atoms with van der Waals surface area (Å²) in [7, 11) is 1.52. The Morgan fingerprint density at radius 3 is 2.69 bits per heavy atom. The van der Waals surface area contributed by atoms with Crippen molar-refractivity contribution in [2.75, 3.05) is 13.7 Å². The molecule has 9 nitrogen and oxygen atoms in total. The van der Waals surface area contributed by atoms with E-state index in [9.17, 15) is 14.7 Å². The molecule has 1 fully saturated rings. The largest absolute Gasteiger partial charge is 0.494 e. The Balaban J connectivity index is 1.77. The van der Waals surface area contributed by atoms with Gasteiger partial charge in [0.25, 0.3) is 5.91 Å². The lowest BCUT2D eigenvalue weighted by molar-refractivity contribution is -0.150. The number of nitrogens with zero attached hydrogens (tertiary/aromatic N) is 4. The standard InChI is InChI=1S/C17H21N5O4/c1-26-14-6-5-12(9-13(14)22-11-19-20-21-22)15(23)18-10-17(16(24)25)7-3-2-4-8-17/h5-6,9,11H,2-4,7-8,10H2,1H3,(H,18,23)(H,24,25). The number of ether oxygens (including phenoxy) is 1. The van der Waals surface area contributed by atoms with Crippen molar-refractivity contribution >= 4 is 11.9 Å². The molecule has 0 bridgehead atoms. The first kappa shape index (κ1) is 17.8. The van der Waals surface area contributed by atoms with Crippen LogP contribution in [0.15, 0.2) is 24.5 Å². The predicted octanol–water partition coefficient (Wildman–Crippen LogP) is 1.44. The van der Waals surface area contributed by atoms with Crippen molar-refractivity contribution in [1.82, 2.24) is 25.5 Å². The summed E-state index contributed by atoms with van der Waals surface area (Å²) in [5.74, 6) is -0.669. The Morgan fingerprint density at radius 2 is 2.08 bits per heavy atom. The van der Waals surface area contributed by atoms with Gasteiger partial charge in [-0.05, 0) is 41.5 Å². The molecule has 3 rings (SSSR count). The number of carboxylic acid groups (broad SMARTS) is 1. The van der Waals surface area contributed by atoms with E-state index in [-0.39, 0.29) is 12.5 Å². The predicted molar refractivity (Wildman–Crippen MR) is 91.2 cm³/mol. The summed E-state index contributed by atoms with van der Waals surface area (Å²) in [6.45, 7) is 0.118. The quantitative estimate of drug-likeness (QED) is 0.801. The fourth-order valence-electron chi connectivity index (χ4n) is 3.33. The fraction of sp³-hybridized carbons (Fsp3) is 0.471. The normalized spacial score (nSPS) is 16.0. The third-order valence-electron chi connectivity index (χ3n) is 4.89. The number of benzene rings is 1. The summed E-state index contributed by atoms with van der Waals surface area (Å²) in [5.41, 5.74) is 0.0300. The van der Waals surface area contributed by atoms with Gasteiger partial charge in [0.1, 0.15) is 17.8 Å². The lowest BCUT2D eigenvalue weighted by atomic mass is 9.74. The van der Waals surface area contributed by atoms with E-state index >= 15 is 0 Å². The van der Waals surface area contributed by atoms with Gasteiger partial charge >= 0.3 is 5.97 Å². The first-order chi connectivity index (χ1) is 12.6. The highest BCUT2D eigenvalue weighted by Gasteiger charge is 2.39. The SMILES string of the molecule is COc1ccc(C(=O)NCC2(C(=O)O)CCCCC2)cc1-n1cnnn1. The summed E-state index contributed by atoms with van der Waals surface area (Å²) in [6.07, 6.45) is 5.35. The topological polar surface area (TPSA) is 119 Å². The number of aliphatic carboxylic acids is 1. The van der Waals surface area contributed by atoms with Gasteiger partial charge in [0.15, 0.2) is 0 Å². The average Bonchev–Trinajstić information content (AvgIpc) is 3.21. The molecule has 1 aromatic carbocycles. The van der Waals surface area contributed by atoms with Crippen LogP contribution in [0.25, 0.3) is 5.69 Å². The summed E-state index contributed by atoms with van der Waals surface area (Å²) in [4.78, 5) is 24.3. The molecule has 0 aliphatic heterocycles. The molecule has 2 N–H and O–H groups in total. The Bertz CT molecular complexity index is 784. The van der Waals surface area contributed by atoms with E-state index in [0.717, 1.165) is 19.3 Å². The molecular formula is C17H21N5O4. The van der Waals surface area contributed by atoms with Crippen molar-refractivity contribution in [3.8, 4) is 11.4 Å². The second-order valence-electron chi connectivity index (χ2n) is 6.47. The second-order valence-corrected chi connectivity index (χ2v) is 6.47. The van der Waals surface area contributed by atoms with Crippen molar-refractivity contribution < 1.29 is 19.4 Å². The zero-order chi connectivity index (χ0) is 18.6. The minimum atomic E-state index is -0.876. The number of tetrazole rings is 1. The summed E-state index contributed by atoms with van der Waals surface area (Å²) >= 11 is 0. The molecule has 0 atom stereocenters. The van der Waals surface area contributed by atoms with E-state index in [0.29, 0.717) is 29.8 Å². The van der Waals surface area contributed by atoms with Gasteiger partial charge in [0, 0.05) is 12.1 Å². The number of hydrogen-bond donors (Lipinski definition) is 2. The minimum absolute atomic E-state index is 0.118. The molecule has 0 unspecified atom stereocenters. The number of carbonyl (C=O) groups excluding carboxylic acids is 1. The van der Waals surface area contributed by atoms with Gasteiger partial charge in [-0.25, -0.2) is 0 Å². The summed E-state index contributed by atoms with van der Waals surface area (Å²) in [5, 5.41) is 23.4. The van der Waals surface area contributed by atoms with E-state index in [2.05, 4.69) is 20.8 Å². The number of methoxy groups -OCH3 is 1. The molecule has 2 aromatic rings. The zero-order valence-corrected chi connectivity index (χ0v) is 14.5. The molecule has 26 heavy (non-hydrogen) atoms. The van der Waals surface area contributed by atoms with Gasteiger partial charge in [-0.3, -0.25) is 9.59 Å². The van der Waals surface area contributed by atoms with Crippen LogP contribution in [0.2, 0.25) is 0 Å². The van der Waals surface area contributed by atoms with Crippen LogP contribution in [0.4, 0.5) is 0 Å². The van der Waals surface area contributed by atoms with Crippen LogP contribution < -0.4 is 10.1 Å². The molecule has 1 heterocycles. The van der Waals surface area contributed by atoms with Gasteiger partial charge in [-0.1, -0.05) is 19.3 Å². The van der Waals surface area contributed by atoms with Crippen molar-refractivity contribution in [1.29, 1.82) is 0 Å². The molecule has 9 heteroatoms. The van der Waals surface area contributed by atoms with Crippen LogP contribution in [0.1, 0.15) is 42.5 Å². The molecule has 1 aliphatic carbocycles. The maximum Gasteiger partial charge on any atom is 0.311 e. The first-order valence-corrected chi connectivity index (χ1v) is 8.49.